The number of hydrogen-bond acceptors (Lipinski definition) is 4. The summed E-state index contributed by atoms with van der Waals surface area (Å²) in [7, 11) is 0. The van der Waals surface area contributed by atoms with Crippen LogP contribution >= 0.6 is 11.3 Å². The number of nitrogens with one attached hydrogen (secondary N) is 1. The summed E-state index contributed by atoms with van der Waals surface area (Å²) in [6, 6.07) is -0.397. The molecule has 0 bridgehead atoms. The summed E-state index contributed by atoms with van der Waals surface area (Å²) in [5, 5.41) is 3.77. The molecule has 1 unspecified atom stereocenters. The van der Waals surface area contributed by atoms with E-state index in [1.54, 1.807) is 11.1 Å². The number of carbonyl (C=O) groups excluding carboxylic acids is 2. The zero-order valence-electron chi connectivity index (χ0n) is 13.3. The van der Waals surface area contributed by atoms with Gasteiger partial charge in [-0.1, -0.05) is 34.6 Å². The number of amides is 2. The van der Waals surface area contributed by atoms with Crippen molar-refractivity contribution in [3.05, 3.63) is 16.1 Å². The lowest BCUT2D eigenvalue weighted by Gasteiger charge is -2.37. The van der Waals surface area contributed by atoms with E-state index in [0.717, 1.165) is 5.01 Å². The van der Waals surface area contributed by atoms with Crippen LogP contribution in [-0.4, -0.2) is 40.8 Å². The second kappa shape index (κ2) is 5.75. The van der Waals surface area contributed by atoms with Crippen molar-refractivity contribution in [3.63, 3.8) is 0 Å². The molecule has 21 heavy (non-hydrogen) atoms. The van der Waals surface area contributed by atoms with Crippen LogP contribution in [0.5, 0.6) is 0 Å². The second-order valence-electron chi connectivity index (χ2n) is 6.76. The summed E-state index contributed by atoms with van der Waals surface area (Å²) >= 11 is 1.42. The van der Waals surface area contributed by atoms with E-state index in [0.29, 0.717) is 18.0 Å². The molecule has 1 saturated heterocycles. The molecule has 0 saturated carbocycles. The van der Waals surface area contributed by atoms with Crippen LogP contribution in [0.15, 0.2) is 6.20 Å². The number of rotatable bonds is 2. The van der Waals surface area contributed by atoms with E-state index in [4.69, 9.17) is 0 Å². The van der Waals surface area contributed by atoms with E-state index >= 15 is 0 Å². The topological polar surface area (TPSA) is 62.3 Å². The van der Waals surface area contributed by atoms with Crippen molar-refractivity contribution in [1.82, 2.24) is 15.2 Å². The second-order valence-corrected chi connectivity index (χ2v) is 7.79. The van der Waals surface area contributed by atoms with Crippen LogP contribution in [-0.2, 0) is 10.2 Å². The molecule has 1 aromatic rings. The van der Waals surface area contributed by atoms with E-state index in [-0.39, 0.29) is 23.1 Å². The Morgan fingerprint density at radius 3 is 2.67 bits per heavy atom. The number of aromatic nitrogens is 1. The molecule has 1 fully saturated rings. The van der Waals surface area contributed by atoms with Gasteiger partial charge in [-0.2, -0.15) is 0 Å². The number of thiazole rings is 1. The molecule has 2 rings (SSSR count). The lowest BCUT2D eigenvalue weighted by atomic mass is 9.98. The summed E-state index contributed by atoms with van der Waals surface area (Å²) in [6.07, 6.45) is 1.64. The first kappa shape index (κ1) is 15.9. The normalized spacial score (nSPS) is 19.8. The molecular weight excluding hydrogens is 286 g/mol. The van der Waals surface area contributed by atoms with Gasteiger partial charge in [0.1, 0.15) is 10.9 Å². The Morgan fingerprint density at radius 2 is 2.14 bits per heavy atom. The van der Waals surface area contributed by atoms with Crippen molar-refractivity contribution in [2.45, 2.75) is 46.1 Å². The van der Waals surface area contributed by atoms with Gasteiger partial charge in [-0.05, 0) is 5.92 Å². The number of carbonyl (C=O) groups is 2. The molecule has 0 aromatic carbocycles. The smallest absolute Gasteiger partial charge is 0.266 e. The highest BCUT2D eigenvalue weighted by Gasteiger charge is 2.36. The standard InChI is InChI=1S/C15H23N3O2S/c1-9(2)11-12(19)16-6-7-18(11)13(20)10-8-17-14(21-10)15(3,4)5/h8-9,11H,6-7H2,1-5H3,(H,16,19). The third-order valence-electron chi connectivity index (χ3n) is 3.51. The quantitative estimate of drug-likeness (QED) is 0.909. The van der Waals surface area contributed by atoms with E-state index in [1.165, 1.54) is 11.3 Å². The third-order valence-corrected chi connectivity index (χ3v) is 4.92. The van der Waals surface area contributed by atoms with Gasteiger partial charge in [0, 0.05) is 18.5 Å². The number of piperazine rings is 1. The maximum absolute atomic E-state index is 12.7. The summed E-state index contributed by atoms with van der Waals surface area (Å²) in [6.45, 7) is 11.2. The van der Waals surface area contributed by atoms with Gasteiger partial charge < -0.3 is 10.2 Å². The van der Waals surface area contributed by atoms with Crippen molar-refractivity contribution in [2.24, 2.45) is 5.92 Å². The fraction of sp³-hybridized carbons (Fsp3) is 0.667. The average molecular weight is 309 g/mol. The van der Waals surface area contributed by atoms with Crippen LogP contribution in [0.25, 0.3) is 0 Å². The molecule has 6 heteroatoms. The zero-order chi connectivity index (χ0) is 15.8. The fourth-order valence-electron chi connectivity index (χ4n) is 2.44. The van der Waals surface area contributed by atoms with E-state index in [1.807, 2.05) is 13.8 Å². The van der Waals surface area contributed by atoms with E-state index in [9.17, 15) is 9.59 Å². The Bertz CT molecular complexity index is 545. The maximum atomic E-state index is 12.7. The van der Waals surface area contributed by atoms with Crippen molar-refractivity contribution in [3.8, 4) is 0 Å². The molecule has 1 atom stereocenters. The molecular formula is C15H23N3O2S. The van der Waals surface area contributed by atoms with Crippen LogP contribution < -0.4 is 5.32 Å². The molecule has 116 valence electrons. The summed E-state index contributed by atoms with van der Waals surface area (Å²) in [5.74, 6) is -0.0639. The Morgan fingerprint density at radius 1 is 1.48 bits per heavy atom. The van der Waals surface area contributed by atoms with E-state index < -0.39 is 6.04 Å². The fourth-order valence-corrected chi connectivity index (χ4v) is 3.37. The first-order valence-electron chi connectivity index (χ1n) is 7.27. The largest absolute Gasteiger partial charge is 0.353 e. The lowest BCUT2D eigenvalue weighted by molar-refractivity contribution is -0.129. The molecule has 0 radical (unpaired) electrons. The zero-order valence-corrected chi connectivity index (χ0v) is 14.1. The van der Waals surface area contributed by atoms with Gasteiger partial charge in [0.15, 0.2) is 0 Å². The molecule has 1 N–H and O–H groups in total. The van der Waals surface area contributed by atoms with Crippen LogP contribution in [0.4, 0.5) is 0 Å². The van der Waals surface area contributed by atoms with Crippen LogP contribution in [0.2, 0.25) is 0 Å². The third kappa shape index (κ3) is 3.26. The highest BCUT2D eigenvalue weighted by molar-refractivity contribution is 7.13. The number of nitrogens with zero attached hydrogens (tertiary/aromatic N) is 2. The van der Waals surface area contributed by atoms with Gasteiger partial charge in [-0.3, -0.25) is 9.59 Å². The minimum Gasteiger partial charge on any atom is -0.353 e. The van der Waals surface area contributed by atoms with Gasteiger partial charge in [0.25, 0.3) is 5.91 Å². The van der Waals surface area contributed by atoms with Crippen LogP contribution in [0.3, 0.4) is 0 Å². The monoisotopic (exact) mass is 309 g/mol. The maximum Gasteiger partial charge on any atom is 0.266 e. The first-order chi connectivity index (χ1) is 9.71. The van der Waals surface area contributed by atoms with Gasteiger partial charge >= 0.3 is 0 Å². The van der Waals surface area contributed by atoms with Crippen LogP contribution in [0, 0.1) is 5.92 Å². The molecule has 1 aliphatic heterocycles. The highest BCUT2D eigenvalue weighted by Crippen LogP contribution is 2.28. The number of hydrogen-bond donors (Lipinski definition) is 1. The summed E-state index contributed by atoms with van der Waals surface area (Å²) in [4.78, 5) is 31.4. The molecule has 1 aliphatic rings. The van der Waals surface area contributed by atoms with E-state index in [2.05, 4.69) is 31.1 Å². The van der Waals surface area contributed by atoms with Crippen molar-refractivity contribution >= 4 is 23.2 Å². The minimum absolute atomic E-state index is 0.0647. The lowest BCUT2D eigenvalue weighted by Crippen LogP contribution is -2.59. The summed E-state index contributed by atoms with van der Waals surface area (Å²) < 4.78 is 0. The molecule has 1 aromatic heterocycles. The SMILES string of the molecule is CC(C)C1C(=O)NCCN1C(=O)c1cnc(C(C)(C)C)s1. The summed E-state index contributed by atoms with van der Waals surface area (Å²) in [5.41, 5.74) is -0.0695. The van der Waals surface area contributed by atoms with Gasteiger partial charge in [-0.15, -0.1) is 11.3 Å². The highest BCUT2D eigenvalue weighted by atomic mass is 32.1. The minimum atomic E-state index is -0.397. The Balaban J connectivity index is 2.25. The first-order valence-corrected chi connectivity index (χ1v) is 8.08. The molecule has 2 amide bonds. The Labute approximate surface area is 129 Å². The predicted molar refractivity (Wildman–Crippen MR) is 83.5 cm³/mol. The molecule has 2 heterocycles. The molecule has 5 nitrogen and oxygen atoms in total. The molecule has 0 spiro atoms. The van der Waals surface area contributed by atoms with Crippen molar-refractivity contribution in [2.75, 3.05) is 13.1 Å². The van der Waals surface area contributed by atoms with Crippen LogP contribution in [0.1, 0.15) is 49.3 Å². The van der Waals surface area contributed by atoms with Crippen molar-refractivity contribution < 1.29 is 9.59 Å². The predicted octanol–water partition coefficient (Wildman–Crippen LogP) is 2.04. The Hall–Kier alpha value is -1.43. The molecule has 0 aliphatic carbocycles. The Kier molecular flexibility index (Phi) is 4.37. The average Bonchev–Trinajstić information content (AvgIpc) is 2.86. The van der Waals surface area contributed by atoms with Gasteiger partial charge in [0.2, 0.25) is 5.91 Å². The van der Waals surface area contributed by atoms with Gasteiger partial charge in [0.05, 0.1) is 11.2 Å². The van der Waals surface area contributed by atoms with Crippen molar-refractivity contribution in [1.29, 1.82) is 0 Å². The van der Waals surface area contributed by atoms with Gasteiger partial charge in [-0.25, -0.2) is 4.98 Å².